The van der Waals surface area contributed by atoms with E-state index in [0.29, 0.717) is 0 Å². The van der Waals surface area contributed by atoms with E-state index in [4.69, 9.17) is 0 Å². The fourth-order valence-corrected chi connectivity index (χ4v) is 8.94. The van der Waals surface area contributed by atoms with E-state index in [1.54, 1.807) is 0 Å². The number of benzene rings is 8. The monoisotopic (exact) mass is 757 g/mol. The standard InChI is InChI=1S/C58H47N/c1-4-13-42(14-5-1)46-27-33-54(34-28-46)59(55-35-29-47(30-36-55)43-15-6-2-7-16-43)56-37-31-48(32-38-56)45-23-25-49(26-24-45)58-41-53(40-52-19-10-11-22-57(52)58)51-21-12-20-50(39-51)44-17-8-3-9-18-44/h1-2,4-7,10,12-17,19-21,23-41H,3,8-9,11,18,22H2. The summed E-state index contributed by atoms with van der Waals surface area (Å²) in [5.41, 5.74) is 21.5. The molecule has 0 N–H and O–H groups in total. The second-order valence-electron chi connectivity index (χ2n) is 15.9. The highest BCUT2D eigenvalue weighted by Crippen LogP contribution is 2.40. The van der Waals surface area contributed by atoms with Crippen molar-refractivity contribution in [3.63, 3.8) is 0 Å². The highest BCUT2D eigenvalue weighted by molar-refractivity contribution is 5.85. The molecule has 0 radical (unpaired) electrons. The van der Waals surface area contributed by atoms with E-state index in [0.717, 1.165) is 29.9 Å². The van der Waals surface area contributed by atoms with Gasteiger partial charge in [-0.2, -0.15) is 0 Å². The number of nitrogens with zero attached hydrogens (tertiary/aromatic N) is 1. The fraction of sp³-hybridized carbons (Fsp3) is 0.103. The summed E-state index contributed by atoms with van der Waals surface area (Å²) in [5.74, 6) is 0. The Kier molecular flexibility index (Phi) is 10.2. The van der Waals surface area contributed by atoms with Crippen molar-refractivity contribution in [1.82, 2.24) is 0 Å². The van der Waals surface area contributed by atoms with Crippen molar-refractivity contribution < 1.29 is 0 Å². The molecule has 0 bridgehead atoms. The van der Waals surface area contributed by atoms with Gasteiger partial charge in [0, 0.05) is 17.1 Å². The first-order valence-electron chi connectivity index (χ1n) is 21.2. The molecule has 0 aliphatic heterocycles. The Morgan fingerprint density at radius 1 is 0.339 bits per heavy atom. The molecule has 284 valence electrons. The minimum Gasteiger partial charge on any atom is -0.311 e. The Morgan fingerprint density at radius 2 is 0.831 bits per heavy atom. The smallest absolute Gasteiger partial charge is 0.0462 e. The second-order valence-corrected chi connectivity index (χ2v) is 15.9. The van der Waals surface area contributed by atoms with Gasteiger partial charge < -0.3 is 4.90 Å². The van der Waals surface area contributed by atoms with E-state index < -0.39 is 0 Å². The minimum atomic E-state index is 1.07. The lowest BCUT2D eigenvalue weighted by atomic mass is 9.85. The van der Waals surface area contributed by atoms with E-state index in [1.165, 1.54) is 104 Å². The van der Waals surface area contributed by atoms with Crippen LogP contribution in [0.4, 0.5) is 17.1 Å². The summed E-state index contributed by atoms with van der Waals surface area (Å²) in [6.07, 6.45) is 14.2. The first kappa shape index (κ1) is 36.4. The van der Waals surface area contributed by atoms with Crippen LogP contribution in [0.3, 0.4) is 0 Å². The molecule has 59 heavy (non-hydrogen) atoms. The topological polar surface area (TPSA) is 3.24 Å². The SMILES string of the molecule is C1=Cc2cc(-c3cccc(C4=CCCCC4)c3)cc(-c3ccc(-c4ccc(N(c5ccc(-c6ccccc6)cc5)c5ccc(-c6ccccc6)cc5)cc4)cc3)c2CC1. The molecule has 2 aliphatic rings. The average molecular weight is 758 g/mol. The predicted octanol–water partition coefficient (Wildman–Crippen LogP) is 16.4. The number of fused-ring (bicyclic) bond motifs is 1. The molecular weight excluding hydrogens is 711 g/mol. The van der Waals surface area contributed by atoms with Gasteiger partial charge in [-0.25, -0.2) is 0 Å². The third-order valence-electron chi connectivity index (χ3n) is 12.1. The first-order valence-corrected chi connectivity index (χ1v) is 21.2. The summed E-state index contributed by atoms with van der Waals surface area (Å²) in [7, 11) is 0. The van der Waals surface area contributed by atoms with Crippen LogP contribution in [-0.2, 0) is 6.42 Å². The molecule has 1 heteroatoms. The van der Waals surface area contributed by atoms with Crippen LogP contribution in [0.2, 0.25) is 0 Å². The normalized spacial score (nSPS) is 13.4. The molecule has 1 nitrogen and oxygen atoms in total. The maximum atomic E-state index is 2.45. The zero-order valence-electron chi connectivity index (χ0n) is 33.4. The maximum Gasteiger partial charge on any atom is 0.0462 e. The van der Waals surface area contributed by atoms with Crippen LogP contribution in [-0.4, -0.2) is 0 Å². The zero-order valence-corrected chi connectivity index (χ0v) is 33.4. The Labute approximate surface area is 349 Å². The minimum absolute atomic E-state index is 1.07. The molecule has 8 aromatic carbocycles. The van der Waals surface area contributed by atoms with Gasteiger partial charge in [-0.15, -0.1) is 0 Å². The van der Waals surface area contributed by atoms with E-state index in [2.05, 4.69) is 217 Å². The Hall–Kier alpha value is -6.96. The van der Waals surface area contributed by atoms with Crippen LogP contribution in [0.1, 0.15) is 48.8 Å². The molecular formula is C58H47N. The number of hydrogen-bond acceptors (Lipinski definition) is 1. The number of rotatable bonds is 9. The molecule has 0 heterocycles. The number of allylic oxidation sites excluding steroid dienone is 3. The van der Waals surface area contributed by atoms with Gasteiger partial charge in [0.25, 0.3) is 0 Å². The molecule has 0 spiro atoms. The van der Waals surface area contributed by atoms with Gasteiger partial charge in [-0.3, -0.25) is 0 Å². The van der Waals surface area contributed by atoms with Crippen molar-refractivity contribution in [2.45, 2.75) is 38.5 Å². The molecule has 10 rings (SSSR count). The first-order chi connectivity index (χ1) is 29.2. The van der Waals surface area contributed by atoms with Crippen LogP contribution >= 0.6 is 0 Å². The fourth-order valence-electron chi connectivity index (χ4n) is 8.94. The number of hydrogen-bond donors (Lipinski definition) is 0. The molecule has 0 unspecified atom stereocenters. The largest absolute Gasteiger partial charge is 0.311 e. The van der Waals surface area contributed by atoms with Gasteiger partial charge in [-0.05, 0) is 171 Å². The van der Waals surface area contributed by atoms with Gasteiger partial charge >= 0.3 is 0 Å². The van der Waals surface area contributed by atoms with Crippen molar-refractivity contribution in [2.75, 3.05) is 4.90 Å². The summed E-state index contributed by atoms with van der Waals surface area (Å²) < 4.78 is 0. The molecule has 8 aromatic rings. The lowest BCUT2D eigenvalue weighted by Gasteiger charge is -2.26. The molecule has 0 saturated heterocycles. The van der Waals surface area contributed by atoms with Crippen molar-refractivity contribution in [1.29, 1.82) is 0 Å². The molecule has 0 amide bonds. The summed E-state index contributed by atoms with van der Waals surface area (Å²) in [6.45, 7) is 0. The van der Waals surface area contributed by atoms with E-state index in [1.807, 2.05) is 0 Å². The van der Waals surface area contributed by atoms with E-state index >= 15 is 0 Å². The second kappa shape index (κ2) is 16.5. The third kappa shape index (κ3) is 7.73. The highest BCUT2D eigenvalue weighted by atomic mass is 15.1. The molecule has 0 fully saturated rings. The predicted molar refractivity (Wildman–Crippen MR) is 252 cm³/mol. The average Bonchev–Trinajstić information content (AvgIpc) is 3.33. The van der Waals surface area contributed by atoms with Crippen LogP contribution in [0, 0.1) is 0 Å². The van der Waals surface area contributed by atoms with Gasteiger partial charge in [-0.1, -0.05) is 158 Å². The Morgan fingerprint density at radius 3 is 1.37 bits per heavy atom. The van der Waals surface area contributed by atoms with Crippen LogP contribution < -0.4 is 4.90 Å². The lowest BCUT2D eigenvalue weighted by Crippen LogP contribution is -2.09. The van der Waals surface area contributed by atoms with Crippen molar-refractivity contribution in [3.8, 4) is 55.6 Å². The van der Waals surface area contributed by atoms with Gasteiger partial charge in [0.15, 0.2) is 0 Å². The summed E-state index contributed by atoms with van der Waals surface area (Å²) in [6, 6.07) is 71.3. The van der Waals surface area contributed by atoms with E-state index in [9.17, 15) is 0 Å². The van der Waals surface area contributed by atoms with Crippen LogP contribution in [0.15, 0.2) is 206 Å². The molecule has 2 aliphatic carbocycles. The maximum absolute atomic E-state index is 2.45. The van der Waals surface area contributed by atoms with Crippen LogP contribution in [0.5, 0.6) is 0 Å². The summed E-state index contributed by atoms with van der Waals surface area (Å²) in [4.78, 5) is 2.35. The van der Waals surface area contributed by atoms with Gasteiger partial charge in [0.1, 0.15) is 0 Å². The zero-order chi connectivity index (χ0) is 39.4. The number of anilines is 3. The highest BCUT2D eigenvalue weighted by Gasteiger charge is 2.17. The van der Waals surface area contributed by atoms with Crippen molar-refractivity contribution in [2.24, 2.45) is 0 Å². The quantitative estimate of drug-likeness (QED) is 0.142. The van der Waals surface area contributed by atoms with Crippen molar-refractivity contribution in [3.05, 3.63) is 223 Å². The summed E-state index contributed by atoms with van der Waals surface area (Å²) in [5, 5.41) is 0. The van der Waals surface area contributed by atoms with Crippen molar-refractivity contribution >= 4 is 28.7 Å². The Balaban J connectivity index is 0.955. The lowest BCUT2D eigenvalue weighted by molar-refractivity contribution is 0.742. The van der Waals surface area contributed by atoms with Gasteiger partial charge in [0.05, 0.1) is 0 Å². The Bertz CT molecular complexity index is 2670. The molecule has 0 aromatic heterocycles. The molecule has 0 saturated carbocycles. The summed E-state index contributed by atoms with van der Waals surface area (Å²) >= 11 is 0. The third-order valence-corrected chi connectivity index (χ3v) is 12.1. The van der Waals surface area contributed by atoms with Crippen LogP contribution in [0.25, 0.3) is 67.3 Å². The van der Waals surface area contributed by atoms with E-state index in [-0.39, 0.29) is 0 Å². The molecule has 0 atom stereocenters. The van der Waals surface area contributed by atoms with Gasteiger partial charge in [0.2, 0.25) is 0 Å².